The molecule has 0 bridgehead atoms. The summed E-state index contributed by atoms with van der Waals surface area (Å²) < 4.78 is 5.84. The molecular formula is C21H22N2O3. The van der Waals surface area contributed by atoms with E-state index in [0.29, 0.717) is 5.76 Å². The zero-order valence-corrected chi connectivity index (χ0v) is 14.8. The minimum absolute atomic E-state index is 0.0156. The van der Waals surface area contributed by atoms with Gasteiger partial charge in [-0.1, -0.05) is 49.1 Å². The largest absolute Gasteiger partial charge is 0.457 e. The van der Waals surface area contributed by atoms with Crippen LogP contribution in [0.4, 0.5) is 4.79 Å². The molecule has 1 aliphatic carbocycles. The molecule has 1 saturated heterocycles. The van der Waals surface area contributed by atoms with E-state index in [9.17, 15) is 9.59 Å². The third-order valence-corrected chi connectivity index (χ3v) is 5.10. The predicted octanol–water partition coefficient (Wildman–Crippen LogP) is 4.48. The van der Waals surface area contributed by atoms with Gasteiger partial charge in [0.1, 0.15) is 17.2 Å². The number of nitrogens with one attached hydrogen (secondary N) is 1. The lowest BCUT2D eigenvalue weighted by molar-refractivity contribution is -0.124. The molecule has 0 radical (unpaired) electrons. The molecule has 1 aromatic carbocycles. The van der Waals surface area contributed by atoms with Gasteiger partial charge >= 0.3 is 6.03 Å². The molecule has 26 heavy (non-hydrogen) atoms. The maximum Gasteiger partial charge on any atom is 0.329 e. The molecule has 3 amide bonds. The van der Waals surface area contributed by atoms with Crippen molar-refractivity contribution in [1.82, 2.24) is 10.2 Å². The smallest absolute Gasteiger partial charge is 0.329 e. The normalized spacial score (nSPS) is 20.0. The molecule has 2 fully saturated rings. The van der Waals surface area contributed by atoms with E-state index in [0.717, 1.165) is 37.0 Å². The molecule has 134 valence electrons. The highest BCUT2D eigenvalue weighted by Gasteiger charge is 2.39. The van der Waals surface area contributed by atoms with Crippen molar-refractivity contribution >= 4 is 18.0 Å². The van der Waals surface area contributed by atoms with Gasteiger partial charge in [-0.2, -0.15) is 0 Å². The number of urea groups is 1. The molecule has 0 unspecified atom stereocenters. The SMILES string of the molecule is Cc1ccc(-c2ccc(/C=C3\NC(=O)N(C4CCCCC4)C3=O)o2)cc1. The first-order chi connectivity index (χ1) is 12.6. The summed E-state index contributed by atoms with van der Waals surface area (Å²) in [6.45, 7) is 2.04. The molecule has 5 heteroatoms. The molecule has 2 aliphatic rings. The Labute approximate surface area is 152 Å². The highest BCUT2D eigenvalue weighted by Crippen LogP contribution is 2.28. The lowest BCUT2D eigenvalue weighted by Crippen LogP contribution is -2.41. The van der Waals surface area contributed by atoms with Crippen molar-refractivity contribution in [3.63, 3.8) is 0 Å². The average molecular weight is 350 g/mol. The van der Waals surface area contributed by atoms with Gasteiger partial charge in [0.15, 0.2) is 0 Å². The highest BCUT2D eigenvalue weighted by molar-refractivity contribution is 6.14. The van der Waals surface area contributed by atoms with Gasteiger partial charge < -0.3 is 9.73 Å². The van der Waals surface area contributed by atoms with Crippen LogP contribution in [-0.4, -0.2) is 22.9 Å². The first-order valence-corrected chi connectivity index (χ1v) is 9.15. The Morgan fingerprint density at radius 2 is 1.77 bits per heavy atom. The Morgan fingerprint density at radius 1 is 1.04 bits per heavy atom. The summed E-state index contributed by atoms with van der Waals surface area (Å²) >= 11 is 0. The standard InChI is InChI=1S/C21H22N2O3/c1-14-7-9-15(10-8-14)19-12-11-17(26-19)13-18-20(24)23(21(25)22-18)16-5-3-2-4-6-16/h7-13,16H,2-6H2,1H3,(H,22,25)/b18-13-. The Morgan fingerprint density at radius 3 is 2.50 bits per heavy atom. The molecule has 4 rings (SSSR count). The zero-order valence-electron chi connectivity index (χ0n) is 14.8. The Balaban J connectivity index is 1.54. The minimum Gasteiger partial charge on any atom is -0.457 e. The van der Waals surface area contributed by atoms with Gasteiger partial charge in [-0.15, -0.1) is 0 Å². The van der Waals surface area contributed by atoms with Gasteiger partial charge in [-0.3, -0.25) is 9.69 Å². The third kappa shape index (κ3) is 3.17. The van der Waals surface area contributed by atoms with Gasteiger partial charge in [-0.05, 0) is 31.9 Å². The number of rotatable bonds is 3. The van der Waals surface area contributed by atoms with Crippen LogP contribution in [0.15, 0.2) is 46.5 Å². The van der Waals surface area contributed by atoms with E-state index in [-0.39, 0.29) is 23.7 Å². The van der Waals surface area contributed by atoms with Crippen LogP contribution in [-0.2, 0) is 4.79 Å². The first-order valence-electron chi connectivity index (χ1n) is 9.15. The summed E-state index contributed by atoms with van der Waals surface area (Å²) in [5, 5.41) is 2.69. The van der Waals surface area contributed by atoms with Gasteiger partial charge in [0.05, 0.1) is 0 Å². The second kappa shape index (κ2) is 6.83. The summed E-state index contributed by atoms with van der Waals surface area (Å²) in [6.07, 6.45) is 6.71. The van der Waals surface area contributed by atoms with Crippen molar-refractivity contribution in [3.05, 3.63) is 53.4 Å². The number of furan rings is 1. The number of carbonyl (C=O) groups is 2. The van der Waals surface area contributed by atoms with Gasteiger partial charge in [0.2, 0.25) is 0 Å². The van der Waals surface area contributed by atoms with Gasteiger partial charge in [0, 0.05) is 17.7 Å². The van der Waals surface area contributed by atoms with Crippen LogP contribution in [0.25, 0.3) is 17.4 Å². The molecule has 2 aromatic rings. The fourth-order valence-corrected chi connectivity index (χ4v) is 3.67. The molecule has 5 nitrogen and oxygen atoms in total. The summed E-state index contributed by atoms with van der Waals surface area (Å²) in [5.74, 6) is 1.03. The van der Waals surface area contributed by atoms with Crippen LogP contribution in [0.2, 0.25) is 0 Å². The highest BCUT2D eigenvalue weighted by atomic mass is 16.3. The Bertz CT molecular complexity index is 858. The number of carbonyl (C=O) groups excluding carboxylic acids is 2. The Kier molecular flexibility index (Phi) is 4.37. The fourth-order valence-electron chi connectivity index (χ4n) is 3.67. The molecule has 1 aliphatic heterocycles. The van der Waals surface area contributed by atoms with Gasteiger partial charge in [-0.25, -0.2) is 4.79 Å². The number of hydrogen-bond acceptors (Lipinski definition) is 3. The molecule has 0 spiro atoms. The molecule has 1 saturated carbocycles. The van der Waals surface area contributed by atoms with Crippen molar-refractivity contribution in [2.24, 2.45) is 0 Å². The summed E-state index contributed by atoms with van der Waals surface area (Å²) in [5.41, 5.74) is 2.45. The first kappa shape index (κ1) is 16.6. The molecule has 1 aromatic heterocycles. The van der Waals surface area contributed by atoms with Crippen LogP contribution >= 0.6 is 0 Å². The van der Waals surface area contributed by atoms with E-state index in [4.69, 9.17) is 4.42 Å². The van der Waals surface area contributed by atoms with E-state index in [1.165, 1.54) is 16.9 Å². The van der Waals surface area contributed by atoms with Crippen molar-refractivity contribution in [2.75, 3.05) is 0 Å². The van der Waals surface area contributed by atoms with Crippen molar-refractivity contribution in [1.29, 1.82) is 0 Å². The van der Waals surface area contributed by atoms with E-state index in [1.807, 2.05) is 43.3 Å². The summed E-state index contributed by atoms with van der Waals surface area (Å²) in [7, 11) is 0. The zero-order chi connectivity index (χ0) is 18.1. The predicted molar refractivity (Wildman–Crippen MR) is 99.1 cm³/mol. The van der Waals surface area contributed by atoms with Crippen molar-refractivity contribution in [2.45, 2.75) is 45.1 Å². The maximum absolute atomic E-state index is 12.7. The van der Waals surface area contributed by atoms with E-state index < -0.39 is 0 Å². The summed E-state index contributed by atoms with van der Waals surface area (Å²) in [6, 6.07) is 11.4. The minimum atomic E-state index is -0.321. The Hall–Kier alpha value is -2.82. The third-order valence-electron chi connectivity index (χ3n) is 5.10. The number of nitrogens with zero attached hydrogens (tertiary/aromatic N) is 1. The van der Waals surface area contributed by atoms with Gasteiger partial charge in [0.25, 0.3) is 5.91 Å². The van der Waals surface area contributed by atoms with Crippen LogP contribution < -0.4 is 5.32 Å². The lowest BCUT2D eigenvalue weighted by atomic mass is 9.94. The second-order valence-corrected chi connectivity index (χ2v) is 7.02. The lowest BCUT2D eigenvalue weighted by Gasteiger charge is -2.28. The molecule has 1 N–H and O–H groups in total. The van der Waals surface area contributed by atoms with E-state index >= 15 is 0 Å². The maximum atomic E-state index is 12.7. The van der Waals surface area contributed by atoms with E-state index in [1.54, 1.807) is 6.08 Å². The number of hydrogen-bond donors (Lipinski definition) is 1. The number of amides is 3. The topological polar surface area (TPSA) is 62.6 Å². The van der Waals surface area contributed by atoms with Crippen LogP contribution in [0, 0.1) is 6.92 Å². The second-order valence-electron chi connectivity index (χ2n) is 7.02. The average Bonchev–Trinajstić information content (AvgIpc) is 3.21. The summed E-state index contributed by atoms with van der Waals surface area (Å²) in [4.78, 5) is 26.3. The molecular weight excluding hydrogens is 328 g/mol. The van der Waals surface area contributed by atoms with Crippen LogP contribution in [0.5, 0.6) is 0 Å². The van der Waals surface area contributed by atoms with Crippen LogP contribution in [0.3, 0.4) is 0 Å². The van der Waals surface area contributed by atoms with Crippen molar-refractivity contribution in [3.8, 4) is 11.3 Å². The quantitative estimate of drug-likeness (QED) is 0.656. The number of aryl methyl sites for hydroxylation is 1. The molecule has 0 atom stereocenters. The molecule has 2 heterocycles. The van der Waals surface area contributed by atoms with E-state index in [2.05, 4.69) is 5.32 Å². The number of benzene rings is 1. The monoisotopic (exact) mass is 350 g/mol. The van der Waals surface area contributed by atoms with Crippen molar-refractivity contribution < 1.29 is 14.0 Å². The fraction of sp³-hybridized carbons (Fsp3) is 0.333. The van der Waals surface area contributed by atoms with Crippen LogP contribution in [0.1, 0.15) is 43.4 Å². The number of imide groups is 1.